The Kier molecular flexibility index (Phi) is 7.04. The van der Waals surface area contributed by atoms with Crippen molar-refractivity contribution in [1.82, 2.24) is 20.4 Å². The zero-order valence-corrected chi connectivity index (χ0v) is 18.7. The van der Waals surface area contributed by atoms with Gasteiger partial charge in [0.25, 0.3) is 0 Å². The van der Waals surface area contributed by atoms with Crippen molar-refractivity contribution in [3.8, 4) is 17.1 Å². The smallest absolute Gasteiger partial charge is 0.317 e. The number of hydrogen-bond donors (Lipinski definition) is 1. The van der Waals surface area contributed by atoms with Crippen LogP contribution < -0.4 is 10.1 Å². The highest BCUT2D eigenvalue weighted by Crippen LogP contribution is 2.24. The summed E-state index contributed by atoms with van der Waals surface area (Å²) in [5.41, 5.74) is 3.28. The van der Waals surface area contributed by atoms with Gasteiger partial charge in [0.1, 0.15) is 5.75 Å². The summed E-state index contributed by atoms with van der Waals surface area (Å²) < 4.78 is 10.7. The van der Waals surface area contributed by atoms with Gasteiger partial charge in [-0.1, -0.05) is 41.6 Å². The van der Waals surface area contributed by atoms with Crippen molar-refractivity contribution in [3.63, 3.8) is 0 Å². The second-order valence-corrected chi connectivity index (χ2v) is 8.32. The highest BCUT2D eigenvalue weighted by atomic mass is 16.5. The Hall–Kier alpha value is -3.35. The first-order valence-corrected chi connectivity index (χ1v) is 11.2. The van der Waals surface area contributed by atoms with E-state index >= 15 is 0 Å². The van der Waals surface area contributed by atoms with Crippen molar-refractivity contribution in [2.45, 2.75) is 32.6 Å². The quantitative estimate of drug-likeness (QED) is 0.601. The van der Waals surface area contributed by atoms with Crippen LogP contribution in [0.25, 0.3) is 11.4 Å². The molecule has 0 saturated carbocycles. The van der Waals surface area contributed by atoms with Crippen molar-refractivity contribution in [3.05, 3.63) is 65.5 Å². The number of aryl methyl sites for hydroxylation is 1. The third-order valence-corrected chi connectivity index (χ3v) is 5.97. The average molecular weight is 435 g/mol. The van der Waals surface area contributed by atoms with E-state index in [0.29, 0.717) is 37.1 Å². The van der Waals surface area contributed by atoms with Gasteiger partial charge in [-0.15, -0.1) is 0 Å². The Bertz CT molecular complexity index is 1030. The van der Waals surface area contributed by atoms with Crippen LogP contribution in [-0.2, 0) is 12.8 Å². The zero-order chi connectivity index (χ0) is 22.3. The molecule has 1 N–H and O–H groups in total. The van der Waals surface area contributed by atoms with Gasteiger partial charge in [0.15, 0.2) is 0 Å². The first kappa shape index (κ1) is 21.9. The van der Waals surface area contributed by atoms with Gasteiger partial charge in [-0.2, -0.15) is 4.98 Å². The van der Waals surface area contributed by atoms with Crippen LogP contribution in [0.4, 0.5) is 4.79 Å². The van der Waals surface area contributed by atoms with Gasteiger partial charge in [-0.25, -0.2) is 4.79 Å². The molecular formula is C25H30N4O3. The largest absolute Gasteiger partial charge is 0.497 e. The van der Waals surface area contributed by atoms with Crippen LogP contribution in [0.2, 0.25) is 0 Å². The Morgan fingerprint density at radius 2 is 2.03 bits per heavy atom. The summed E-state index contributed by atoms with van der Waals surface area (Å²) in [4.78, 5) is 19.2. The second-order valence-electron chi connectivity index (χ2n) is 8.32. The summed E-state index contributed by atoms with van der Waals surface area (Å²) in [7, 11) is 1.66. The summed E-state index contributed by atoms with van der Waals surface area (Å²) in [6.07, 6.45) is 3.51. The van der Waals surface area contributed by atoms with E-state index in [1.807, 2.05) is 60.4 Å². The number of nitrogens with one attached hydrogen (secondary N) is 1. The van der Waals surface area contributed by atoms with Crippen LogP contribution >= 0.6 is 0 Å². The third kappa shape index (κ3) is 5.46. The molecule has 7 nitrogen and oxygen atoms in total. The number of carbonyl (C=O) groups is 1. The maximum Gasteiger partial charge on any atom is 0.317 e. The lowest BCUT2D eigenvalue weighted by molar-refractivity contribution is 0.162. The van der Waals surface area contributed by atoms with Gasteiger partial charge in [-0.05, 0) is 55.4 Å². The van der Waals surface area contributed by atoms with Gasteiger partial charge in [-0.3, -0.25) is 0 Å². The van der Waals surface area contributed by atoms with Crippen LogP contribution in [0.1, 0.15) is 29.9 Å². The minimum atomic E-state index is -0.00524. The van der Waals surface area contributed by atoms with E-state index in [4.69, 9.17) is 9.26 Å². The number of methoxy groups -OCH3 is 1. The van der Waals surface area contributed by atoms with Crippen molar-refractivity contribution >= 4 is 6.03 Å². The molecule has 1 atom stereocenters. The standard InChI is InChI=1S/C25H30N4O3/c1-18-6-3-4-8-22(18)24-27-23(32-28-24)16-20-7-5-15-29(17-20)25(30)26-14-13-19-9-11-21(31-2)12-10-19/h3-4,6,8-12,20H,5,7,13-17H2,1-2H3,(H,26,30)/t20-/m0/s1. The summed E-state index contributed by atoms with van der Waals surface area (Å²) in [6.45, 7) is 4.13. The molecule has 1 fully saturated rings. The maximum absolute atomic E-state index is 12.7. The average Bonchev–Trinajstić information content (AvgIpc) is 3.28. The van der Waals surface area contributed by atoms with Gasteiger partial charge in [0, 0.05) is 31.6 Å². The molecule has 2 amide bonds. The molecule has 1 aliphatic rings. The van der Waals surface area contributed by atoms with Gasteiger partial charge in [0.2, 0.25) is 11.7 Å². The number of hydrogen-bond acceptors (Lipinski definition) is 5. The van der Waals surface area contributed by atoms with Crippen LogP contribution in [0.15, 0.2) is 53.1 Å². The molecule has 0 unspecified atom stereocenters. The molecule has 7 heteroatoms. The Morgan fingerprint density at radius 3 is 2.81 bits per heavy atom. The number of benzene rings is 2. The molecule has 1 aliphatic heterocycles. The van der Waals surface area contributed by atoms with Crippen LogP contribution in [-0.4, -0.2) is 47.8 Å². The van der Waals surface area contributed by atoms with Crippen molar-refractivity contribution in [1.29, 1.82) is 0 Å². The molecule has 2 aromatic carbocycles. The molecule has 168 valence electrons. The van der Waals surface area contributed by atoms with E-state index in [0.717, 1.165) is 42.7 Å². The summed E-state index contributed by atoms with van der Waals surface area (Å²) >= 11 is 0. The number of aromatic nitrogens is 2. The monoisotopic (exact) mass is 434 g/mol. The predicted molar refractivity (Wildman–Crippen MR) is 123 cm³/mol. The number of nitrogens with zero attached hydrogens (tertiary/aromatic N) is 3. The highest BCUT2D eigenvalue weighted by molar-refractivity contribution is 5.74. The highest BCUT2D eigenvalue weighted by Gasteiger charge is 2.25. The molecule has 32 heavy (non-hydrogen) atoms. The number of urea groups is 1. The van der Waals surface area contributed by atoms with Crippen LogP contribution in [0.5, 0.6) is 5.75 Å². The molecule has 4 rings (SSSR count). The first-order chi connectivity index (χ1) is 15.6. The SMILES string of the molecule is COc1ccc(CCNC(=O)N2CCC[C@@H](Cc3nc(-c4ccccc4C)no3)C2)cc1. The Balaban J connectivity index is 1.26. The van der Waals surface area contributed by atoms with Gasteiger partial charge in [0.05, 0.1) is 7.11 Å². The van der Waals surface area contributed by atoms with Gasteiger partial charge < -0.3 is 19.5 Å². The third-order valence-electron chi connectivity index (χ3n) is 5.97. The zero-order valence-electron chi connectivity index (χ0n) is 18.7. The molecule has 0 bridgehead atoms. The van der Waals surface area contributed by atoms with Crippen LogP contribution in [0.3, 0.4) is 0 Å². The molecule has 0 radical (unpaired) electrons. The fourth-order valence-electron chi connectivity index (χ4n) is 4.15. The van der Waals surface area contributed by atoms with E-state index in [-0.39, 0.29) is 6.03 Å². The minimum Gasteiger partial charge on any atom is -0.497 e. The van der Waals surface area contributed by atoms with E-state index < -0.39 is 0 Å². The fraction of sp³-hybridized carbons (Fsp3) is 0.400. The number of rotatable bonds is 7. The predicted octanol–water partition coefficient (Wildman–Crippen LogP) is 4.26. The molecule has 1 aromatic heterocycles. The number of piperidine rings is 1. The van der Waals surface area contributed by atoms with Crippen LogP contribution in [0, 0.1) is 12.8 Å². The lowest BCUT2D eigenvalue weighted by Gasteiger charge is -2.32. The number of likely N-dealkylation sites (tertiary alicyclic amines) is 1. The van der Waals surface area contributed by atoms with E-state index in [1.165, 1.54) is 5.56 Å². The topological polar surface area (TPSA) is 80.5 Å². The lowest BCUT2D eigenvalue weighted by Crippen LogP contribution is -2.46. The molecular weight excluding hydrogens is 404 g/mol. The fourth-order valence-corrected chi connectivity index (χ4v) is 4.15. The molecule has 0 aliphatic carbocycles. The number of carbonyl (C=O) groups excluding carboxylic acids is 1. The van der Waals surface area contributed by atoms with Crippen molar-refractivity contribution < 1.29 is 14.1 Å². The van der Waals surface area contributed by atoms with Crippen molar-refractivity contribution in [2.75, 3.05) is 26.7 Å². The second kappa shape index (κ2) is 10.3. The Labute approximate surface area is 188 Å². The molecule has 1 saturated heterocycles. The molecule has 3 aromatic rings. The summed E-state index contributed by atoms with van der Waals surface area (Å²) in [5, 5.41) is 7.21. The van der Waals surface area contributed by atoms with Gasteiger partial charge >= 0.3 is 6.03 Å². The molecule has 0 spiro atoms. The minimum absolute atomic E-state index is 0.00524. The van der Waals surface area contributed by atoms with E-state index in [9.17, 15) is 4.79 Å². The number of amides is 2. The number of ether oxygens (including phenoxy) is 1. The first-order valence-electron chi connectivity index (χ1n) is 11.2. The normalized spacial score (nSPS) is 16.1. The maximum atomic E-state index is 12.7. The van der Waals surface area contributed by atoms with E-state index in [2.05, 4.69) is 15.5 Å². The summed E-state index contributed by atoms with van der Waals surface area (Å²) in [6, 6.07) is 15.9. The Morgan fingerprint density at radius 1 is 1.22 bits per heavy atom. The summed E-state index contributed by atoms with van der Waals surface area (Å²) in [5.74, 6) is 2.42. The molecule has 2 heterocycles. The lowest BCUT2D eigenvalue weighted by atomic mass is 9.95. The van der Waals surface area contributed by atoms with Crippen molar-refractivity contribution in [2.24, 2.45) is 5.92 Å². The van der Waals surface area contributed by atoms with E-state index in [1.54, 1.807) is 7.11 Å².